The molecule has 10 heteroatoms. The number of benzene rings is 1. The number of anilines is 1. The topological polar surface area (TPSA) is 98.7 Å². The van der Waals surface area contributed by atoms with Crippen molar-refractivity contribution in [3.8, 4) is 0 Å². The van der Waals surface area contributed by atoms with Gasteiger partial charge in [-0.1, -0.05) is 17.7 Å². The Balaban J connectivity index is 1.43. The van der Waals surface area contributed by atoms with Gasteiger partial charge in [-0.05, 0) is 36.8 Å². The predicted molar refractivity (Wildman–Crippen MR) is 116 cm³/mol. The number of aliphatic imine (C=N–C) groups is 1. The van der Waals surface area contributed by atoms with Gasteiger partial charge in [-0.3, -0.25) is 9.98 Å². The number of halogens is 1. The lowest BCUT2D eigenvalue weighted by molar-refractivity contribution is 0.579. The normalized spacial score (nSPS) is 17.4. The van der Waals surface area contributed by atoms with Crippen LogP contribution in [0, 0.1) is 0 Å². The zero-order chi connectivity index (χ0) is 20.7. The van der Waals surface area contributed by atoms with Crippen LogP contribution in [0.5, 0.6) is 0 Å². The van der Waals surface area contributed by atoms with E-state index in [1.54, 1.807) is 13.1 Å². The third kappa shape index (κ3) is 6.06. The van der Waals surface area contributed by atoms with Crippen LogP contribution in [-0.4, -0.2) is 58.6 Å². The van der Waals surface area contributed by atoms with Crippen molar-refractivity contribution in [3.05, 3.63) is 53.8 Å². The molecule has 156 valence electrons. The molecule has 0 spiro atoms. The van der Waals surface area contributed by atoms with Crippen LogP contribution in [0.25, 0.3) is 0 Å². The minimum Gasteiger partial charge on any atom is -0.369 e. The molecular formula is C19H25ClN6O2S. The molecule has 2 heterocycles. The first-order valence-corrected chi connectivity index (χ1v) is 11.2. The van der Waals surface area contributed by atoms with Crippen molar-refractivity contribution in [3.63, 3.8) is 0 Å². The molecule has 3 rings (SSSR count). The first-order chi connectivity index (χ1) is 14.0. The molecule has 29 heavy (non-hydrogen) atoms. The van der Waals surface area contributed by atoms with E-state index < -0.39 is 10.0 Å². The van der Waals surface area contributed by atoms with Gasteiger partial charge in [0.15, 0.2) is 5.96 Å². The summed E-state index contributed by atoms with van der Waals surface area (Å²) in [7, 11) is -1.87. The van der Waals surface area contributed by atoms with Crippen LogP contribution < -0.4 is 20.3 Å². The summed E-state index contributed by atoms with van der Waals surface area (Å²) in [5.74, 6) is 0.642. The van der Waals surface area contributed by atoms with E-state index in [1.807, 2.05) is 18.2 Å². The van der Waals surface area contributed by atoms with Crippen LogP contribution in [0.3, 0.4) is 0 Å². The van der Waals surface area contributed by atoms with Gasteiger partial charge in [0.25, 0.3) is 0 Å². The zero-order valence-corrected chi connectivity index (χ0v) is 17.7. The lowest BCUT2D eigenvalue weighted by atomic mass is 10.3. The lowest BCUT2D eigenvalue weighted by Crippen LogP contribution is -2.46. The van der Waals surface area contributed by atoms with E-state index in [-0.39, 0.29) is 17.5 Å². The number of nitrogens with zero attached hydrogens (tertiary/aromatic N) is 3. The van der Waals surface area contributed by atoms with Crippen molar-refractivity contribution in [1.29, 1.82) is 0 Å². The van der Waals surface area contributed by atoms with E-state index in [0.717, 1.165) is 30.2 Å². The van der Waals surface area contributed by atoms with E-state index in [1.165, 1.54) is 18.5 Å². The molecule has 0 saturated carbocycles. The summed E-state index contributed by atoms with van der Waals surface area (Å²) in [5.41, 5.74) is 1.11. The van der Waals surface area contributed by atoms with Crippen LogP contribution >= 0.6 is 11.6 Å². The largest absolute Gasteiger partial charge is 0.369 e. The first kappa shape index (κ1) is 21.4. The van der Waals surface area contributed by atoms with Gasteiger partial charge >= 0.3 is 0 Å². The quantitative estimate of drug-likeness (QED) is 0.345. The molecule has 1 unspecified atom stereocenters. The molecular weight excluding hydrogens is 412 g/mol. The van der Waals surface area contributed by atoms with Gasteiger partial charge in [0, 0.05) is 62.4 Å². The number of nitrogens with one attached hydrogen (secondary N) is 3. The summed E-state index contributed by atoms with van der Waals surface area (Å²) < 4.78 is 26.9. The van der Waals surface area contributed by atoms with E-state index in [4.69, 9.17) is 11.6 Å². The highest BCUT2D eigenvalue weighted by Crippen LogP contribution is 2.23. The monoisotopic (exact) mass is 436 g/mol. The van der Waals surface area contributed by atoms with E-state index in [0.29, 0.717) is 12.5 Å². The molecule has 1 atom stereocenters. The van der Waals surface area contributed by atoms with Gasteiger partial charge in [0.05, 0.1) is 0 Å². The highest BCUT2D eigenvalue weighted by molar-refractivity contribution is 7.89. The Morgan fingerprint density at radius 2 is 2.17 bits per heavy atom. The average Bonchev–Trinajstić information content (AvgIpc) is 3.19. The summed E-state index contributed by atoms with van der Waals surface area (Å²) >= 11 is 6.08. The molecule has 0 bridgehead atoms. The number of guanidine groups is 1. The molecule has 2 aromatic rings. The highest BCUT2D eigenvalue weighted by atomic mass is 35.5. The Labute approximate surface area is 176 Å². The van der Waals surface area contributed by atoms with Crippen LogP contribution in [-0.2, 0) is 10.0 Å². The second-order valence-electron chi connectivity index (χ2n) is 6.64. The molecule has 1 fully saturated rings. The second-order valence-corrected chi connectivity index (χ2v) is 8.84. The molecule has 1 aliphatic rings. The smallest absolute Gasteiger partial charge is 0.242 e. The van der Waals surface area contributed by atoms with Gasteiger partial charge in [0.2, 0.25) is 10.0 Å². The Bertz CT molecular complexity index is 939. The number of hydrogen-bond donors (Lipinski definition) is 3. The van der Waals surface area contributed by atoms with Gasteiger partial charge < -0.3 is 15.5 Å². The van der Waals surface area contributed by atoms with Crippen molar-refractivity contribution in [2.75, 3.05) is 38.1 Å². The summed E-state index contributed by atoms with van der Waals surface area (Å²) in [6.07, 6.45) is 3.83. The number of sulfonamides is 1. The molecule has 0 aliphatic carbocycles. The van der Waals surface area contributed by atoms with Crippen LogP contribution in [0.1, 0.15) is 6.42 Å². The van der Waals surface area contributed by atoms with Crippen molar-refractivity contribution >= 4 is 33.3 Å². The summed E-state index contributed by atoms with van der Waals surface area (Å²) in [4.78, 5) is 10.5. The average molecular weight is 437 g/mol. The fourth-order valence-electron chi connectivity index (χ4n) is 3.13. The number of aromatic nitrogens is 1. The van der Waals surface area contributed by atoms with Crippen LogP contribution in [0.4, 0.5) is 5.69 Å². The standard InChI is InChI=1S/C19H25ClN6O2S/c1-21-19(23-9-10-24-29(27,28)18-6-3-8-22-13-18)25-16-7-11-26(14-16)17-5-2-4-15(20)12-17/h2-6,8,12-13,16,24H,7,9-11,14H2,1H3,(H2,21,23,25). The maximum absolute atomic E-state index is 12.2. The lowest BCUT2D eigenvalue weighted by Gasteiger charge is -2.20. The van der Waals surface area contributed by atoms with Gasteiger partial charge in [0.1, 0.15) is 4.90 Å². The third-order valence-electron chi connectivity index (χ3n) is 4.58. The molecule has 8 nitrogen and oxygen atoms in total. The molecule has 1 aromatic carbocycles. The predicted octanol–water partition coefficient (Wildman–Crippen LogP) is 1.46. The Kier molecular flexibility index (Phi) is 7.29. The van der Waals surface area contributed by atoms with Gasteiger partial charge in [-0.15, -0.1) is 0 Å². The SMILES string of the molecule is CN=C(NCCNS(=O)(=O)c1cccnc1)NC1CCN(c2cccc(Cl)c2)C1. The van der Waals surface area contributed by atoms with Crippen molar-refractivity contribution in [2.24, 2.45) is 4.99 Å². The molecule has 0 amide bonds. The second kappa shape index (κ2) is 9.91. The van der Waals surface area contributed by atoms with E-state index in [2.05, 4.69) is 36.3 Å². The number of pyridine rings is 1. The van der Waals surface area contributed by atoms with Gasteiger partial charge in [-0.2, -0.15) is 0 Å². The van der Waals surface area contributed by atoms with Crippen molar-refractivity contribution in [1.82, 2.24) is 20.3 Å². The van der Waals surface area contributed by atoms with E-state index in [9.17, 15) is 8.42 Å². The van der Waals surface area contributed by atoms with Crippen molar-refractivity contribution in [2.45, 2.75) is 17.4 Å². The fraction of sp³-hybridized carbons (Fsp3) is 0.368. The maximum Gasteiger partial charge on any atom is 0.242 e. The molecule has 1 saturated heterocycles. The third-order valence-corrected chi connectivity index (χ3v) is 6.26. The Morgan fingerprint density at radius 3 is 2.90 bits per heavy atom. The molecule has 3 N–H and O–H groups in total. The Hall–Kier alpha value is -2.36. The van der Waals surface area contributed by atoms with Crippen LogP contribution in [0.2, 0.25) is 5.02 Å². The van der Waals surface area contributed by atoms with Crippen LogP contribution in [0.15, 0.2) is 58.7 Å². The molecule has 0 radical (unpaired) electrons. The molecule has 1 aromatic heterocycles. The maximum atomic E-state index is 12.2. The first-order valence-electron chi connectivity index (χ1n) is 9.35. The fourth-order valence-corrected chi connectivity index (χ4v) is 4.31. The Morgan fingerprint density at radius 1 is 1.31 bits per heavy atom. The molecule has 1 aliphatic heterocycles. The minimum atomic E-state index is -3.56. The van der Waals surface area contributed by atoms with Gasteiger partial charge in [-0.25, -0.2) is 13.1 Å². The summed E-state index contributed by atoms with van der Waals surface area (Å²) in [6.45, 7) is 2.41. The van der Waals surface area contributed by atoms with E-state index >= 15 is 0 Å². The zero-order valence-electron chi connectivity index (χ0n) is 16.2. The summed E-state index contributed by atoms with van der Waals surface area (Å²) in [6, 6.07) is 11.2. The number of hydrogen-bond acceptors (Lipinski definition) is 5. The minimum absolute atomic E-state index is 0.148. The van der Waals surface area contributed by atoms with Crippen molar-refractivity contribution < 1.29 is 8.42 Å². The number of rotatable bonds is 7. The highest BCUT2D eigenvalue weighted by Gasteiger charge is 2.23. The summed E-state index contributed by atoms with van der Waals surface area (Å²) in [5, 5.41) is 7.25.